The fourth-order valence-corrected chi connectivity index (χ4v) is 1.77. The molecule has 0 saturated carbocycles. The number of anilines is 1. The summed E-state index contributed by atoms with van der Waals surface area (Å²) >= 11 is 0. The van der Waals surface area contributed by atoms with Crippen LogP contribution in [-0.2, 0) is 0 Å². The normalized spacial score (nSPS) is 19.1. The van der Waals surface area contributed by atoms with E-state index in [1.165, 1.54) is 0 Å². The average molecular weight is 215 g/mol. The van der Waals surface area contributed by atoms with E-state index < -0.39 is 0 Å². The molecule has 0 unspecified atom stereocenters. The van der Waals surface area contributed by atoms with Crippen LogP contribution >= 0.6 is 12.4 Å². The van der Waals surface area contributed by atoms with Gasteiger partial charge in [-0.25, -0.2) is 0 Å². The van der Waals surface area contributed by atoms with Gasteiger partial charge in [0.25, 0.3) is 0 Å². The summed E-state index contributed by atoms with van der Waals surface area (Å²) in [4.78, 5) is 0. The maximum absolute atomic E-state index is 5.98. The van der Waals surface area contributed by atoms with Crippen LogP contribution in [-0.4, -0.2) is 6.61 Å². The first-order chi connectivity index (χ1) is 6.20. The lowest BCUT2D eigenvalue weighted by atomic mass is 9.96. The van der Waals surface area contributed by atoms with Crippen LogP contribution in [0.2, 0.25) is 0 Å². The van der Waals surface area contributed by atoms with Gasteiger partial charge < -0.3 is 16.2 Å². The molecule has 0 aliphatic carbocycles. The van der Waals surface area contributed by atoms with Gasteiger partial charge in [-0.05, 0) is 18.6 Å². The predicted molar refractivity (Wildman–Crippen MR) is 59.9 cm³/mol. The Bertz CT molecular complexity index is 341. The standard InChI is InChI=1S/C10H14N2O.ClH/c1-6-2-3-8(12)10-9(6)7(11)4-5-13-10;/h2-3,7H,4-5,11-12H2,1H3;1H/t7-;/m0./s1. The highest BCUT2D eigenvalue weighted by Gasteiger charge is 2.21. The number of rotatable bonds is 0. The smallest absolute Gasteiger partial charge is 0.147 e. The van der Waals surface area contributed by atoms with Gasteiger partial charge in [0.1, 0.15) is 5.75 Å². The van der Waals surface area contributed by atoms with Gasteiger partial charge in [-0.15, -0.1) is 12.4 Å². The maximum atomic E-state index is 5.98. The first-order valence-electron chi connectivity index (χ1n) is 4.47. The second-order valence-corrected chi connectivity index (χ2v) is 3.46. The Morgan fingerprint density at radius 3 is 2.79 bits per heavy atom. The summed E-state index contributed by atoms with van der Waals surface area (Å²) < 4.78 is 5.50. The SMILES string of the molecule is Cc1ccc(N)c2c1[C@@H](N)CCO2.Cl. The minimum atomic E-state index is 0. The number of hydrogen-bond acceptors (Lipinski definition) is 3. The summed E-state index contributed by atoms with van der Waals surface area (Å²) in [7, 11) is 0. The molecular weight excluding hydrogens is 200 g/mol. The summed E-state index contributed by atoms with van der Waals surface area (Å²) in [6.07, 6.45) is 0.872. The zero-order chi connectivity index (χ0) is 9.42. The Morgan fingerprint density at radius 2 is 2.14 bits per heavy atom. The van der Waals surface area contributed by atoms with Crippen LogP contribution < -0.4 is 16.2 Å². The molecule has 1 aromatic rings. The van der Waals surface area contributed by atoms with E-state index >= 15 is 0 Å². The van der Waals surface area contributed by atoms with E-state index in [1.54, 1.807) is 0 Å². The third-order valence-corrected chi connectivity index (χ3v) is 2.49. The van der Waals surface area contributed by atoms with Gasteiger partial charge in [0.15, 0.2) is 0 Å². The Balaban J connectivity index is 0.000000980. The summed E-state index contributed by atoms with van der Waals surface area (Å²) in [5.74, 6) is 0.791. The van der Waals surface area contributed by atoms with Crippen molar-refractivity contribution in [2.24, 2.45) is 5.73 Å². The molecule has 1 heterocycles. The molecule has 3 nitrogen and oxygen atoms in total. The summed E-state index contributed by atoms with van der Waals surface area (Å²) in [5, 5.41) is 0. The van der Waals surface area contributed by atoms with E-state index in [1.807, 2.05) is 19.1 Å². The number of nitrogens with two attached hydrogens (primary N) is 2. The lowest BCUT2D eigenvalue weighted by Gasteiger charge is -2.25. The van der Waals surface area contributed by atoms with Crippen molar-refractivity contribution in [3.05, 3.63) is 23.3 Å². The molecule has 78 valence electrons. The predicted octanol–water partition coefficient (Wildman–Crippen LogP) is 1.78. The number of benzene rings is 1. The monoisotopic (exact) mass is 214 g/mol. The van der Waals surface area contributed by atoms with Crippen molar-refractivity contribution in [1.82, 2.24) is 0 Å². The lowest BCUT2D eigenvalue weighted by molar-refractivity contribution is 0.270. The molecular formula is C10H15ClN2O. The van der Waals surface area contributed by atoms with Crippen LogP contribution in [0.25, 0.3) is 0 Å². The summed E-state index contributed by atoms with van der Waals surface area (Å²) in [6, 6.07) is 3.93. The Labute approximate surface area is 89.8 Å². The Morgan fingerprint density at radius 1 is 1.43 bits per heavy atom. The molecule has 0 spiro atoms. The largest absolute Gasteiger partial charge is 0.491 e. The van der Waals surface area contributed by atoms with Crippen molar-refractivity contribution >= 4 is 18.1 Å². The van der Waals surface area contributed by atoms with E-state index in [0.29, 0.717) is 12.3 Å². The molecule has 0 amide bonds. The number of nitrogen functional groups attached to an aromatic ring is 1. The lowest BCUT2D eigenvalue weighted by Crippen LogP contribution is -2.22. The van der Waals surface area contributed by atoms with Crippen molar-refractivity contribution in [1.29, 1.82) is 0 Å². The Kier molecular flexibility index (Phi) is 3.24. The topological polar surface area (TPSA) is 61.3 Å². The second-order valence-electron chi connectivity index (χ2n) is 3.46. The van der Waals surface area contributed by atoms with Crippen LogP contribution in [0, 0.1) is 6.92 Å². The van der Waals surface area contributed by atoms with Crippen molar-refractivity contribution in [2.45, 2.75) is 19.4 Å². The van der Waals surface area contributed by atoms with Gasteiger partial charge in [0, 0.05) is 18.0 Å². The number of ether oxygens (including phenoxy) is 1. The van der Waals surface area contributed by atoms with Crippen molar-refractivity contribution in [2.75, 3.05) is 12.3 Å². The highest BCUT2D eigenvalue weighted by atomic mass is 35.5. The van der Waals surface area contributed by atoms with Crippen LogP contribution in [0.3, 0.4) is 0 Å². The number of hydrogen-bond donors (Lipinski definition) is 2. The molecule has 14 heavy (non-hydrogen) atoms. The maximum Gasteiger partial charge on any atom is 0.147 e. The molecule has 1 aliphatic heterocycles. The van der Waals surface area contributed by atoms with Crippen LogP contribution in [0.15, 0.2) is 12.1 Å². The molecule has 2 rings (SSSR count). The fraction of sp³-hybridized carbons (Fsp3) is 0.400. The van der Waals surface area contributed by atoms with E-state index in [0.717, 1.165) is 23.3 Å². The highest BCUT2D eigenvalue weighted by molar-refractivity contribution is 5.85. The zero-order valence-electron chi connectivity index (χ0n) is 8.12. The van der Waals surface area contributed by atoms with Gasteiger partial charge in [0.05, 0.1) is 12.3 Å². The summed E-state index contributed by atoms with van der Waals surface area (Å²) in [5.41, 5.74) is 14.7. The van der Waals surface area contributed by atoms with Crippen molar-refractivity contribution in [3.63, 3.8) is 0 Å². The average Bonchev–Trinajstić information content (AvgIpc) is 2.12. The molecule has 0 bridgehead atoms. The minimum Gasteiger partial charge on any atom is -0.491 e. The Hall–Kier alpha value is -0.930. The van der Waals surface area contributed by atoms with Crippen LogP contribution in [0.1, 0.15) is 23.6 Å². The van der Waals surface area contributed by atoms with E-state index in [2.05, 4.69) is 0 Å². The molecule has 1 atom stereocenters. The van der Waals surface area contributed by atoms with E-state index in [-0.39, 0.29) is 18.4 Å². The van der Waals surface area contributed by atoms with Crippen molar-refractivity contribution in [3.8, 4) is 5.75 Å². The molecule has 0 radical (unpaired) electrons. The molecule has 1 aliphatic rings. The van der Waals surface area contributed by atoms with Crippen LogP contribution in [0.4, 0.5) is 5.69 Å². The van der Waals surface area contributed by atoms with Crippen LogP contribution in [0.5, 0.6) is 5.75 Å². The van der Waals surface area contributed by atoms with E-state index in [4.69, 9.17) is 16.2 Å². The number of fused-ring (bicyclic) bond motifs is 1. The van der Waals surface area contributed by atoms with Gasteiger partial charge in [0.2, 0.25) is 0 Å². The minimum absolute atomic E-state index is 0. The molecule has 4 N–H and O–H groups in total. The molecule has 0 fully saturated rings. The van der Waals surface area contributed by atoms with Gasteiger partial charge in [-0.1, -0.05) is 6.07 Å². The highest BCUT2D eigenvalue weighted by Crippen LogP contribution is 2.37. The molecule has 0 aromatic heterocycles. The first kappa shape index (κ1) is 11.1. The molecule has 4 heteroatoms. The fourth-order valence-electron chi connectivity index (χ4n) is 1.77. The zero-order valence-corrected chi connectivity index (χ0v) is 8.93. The van der Waals surface area contributed by atoms with E-state index in [9.17, 15) is 0 Å². The van der Waals surface area contributed by atoms with Gasteiger partial charge >= 0.3 is 0 Å². The first-order valence-corrected chi connectivity index (χ1v) is 4.47. The van der Waals surface area contributed by atoms with Crippen molar-refractivity contribution < 1.29 is 4.74 Å². The van der Waals surface area contributed by atoms with Gasteiger partial charge in [-0.2, -0.15) is 0 Å². The quantitative estimate of drug-likeness (QED) is 0.648. The third-order valence-electron chi connectivity index (χ3n) is 2.49. The van der Waals surface area contributed by atoms with Gasteiger partial charge in [-0.3, -0.25) is 0 Å². The summed E-state index contributed by atoms with van der Waals surface area (Å²) in [6.45, 7) is 2.70. The number of aryl methyl sites for hydroxylation is 1. The second kappa shape index (κ2) is 4.07. The molecule has 0 saturated heterocycles. The number of halogens is 1. The molecule has 1 aromatic carbocycles. The third kappa shape index (κ3) is 1.65.